The number of aliphatic hydroxyl groups is 1. The van der Waals surface area contributed by atoms with Crippen LogP contribution in [0, 0.1) is 0 Å². The highest BCUT2D eigenvalue weighted by molar-refractivity contribution is 7.19. The van der Waals surface area contributed by atoms with E-state index in [9.17, 15) is 5.11 Å². The summed E-state index contributed by atoms with van der Waals surface area (Å²) in [7, 11) is 0. The predicted octanol–water partition coefficient (Wildman–Crippen LogP) is 3.46. The van der Waals surface area contributed by atoms with Gasteiger partial charge in [0.15, 0.2) is 5.82 Å². The van der Waals surface area contributed by atoms with Crippen LogP contribution >= 0.6 is 11.3 Å². The van der Waals surface area contributed by atoms with Gasteiger partial charge in [0.1, 0.15) is 17.9 Å². The van der Waals surface area contributed by atoms with E-state index >= 15 is 0 Å². The number of benzene rings is 1. The third-order valence-electron chi connectivity index (χ3n) is 4.08. The second-order valence-corrected chi connectivity index (χ2v) is 6.97. The van der Waals surface area contributed by atoms with E-state index in [-0.39, 0.29) is 6.61 Å². The molecule has 7 heteroatoms. The van der Waals surface area contributed by atoms with Crippen molar-refractivity contribution in [1.82, 2.24) is 15.0 Å². The molecule has 4 aromatic rings. The number of rotatable bonds is 5. The Kier molecular flexibility index (Phi) is 4.40. The molecule has 0 saturated heterocycles. The lowest BCUT2D eigenvalue weighted by Crippen LogP contribution is -2.01. The number of aryl methyl sites for hydroxylation is 1. The molecule has 0 fully saturated rings. The molecule has 26 heavy (non-hydrogen) atoms. The fourth-order valence-electron chi connectivity index (χ4n) is 2.80. The van der Waals surface area contributed by atoms with Crippen molar-refractivity contribution in [2.45, 2.75) is 26.6 Å². The fraction of sp³-hybridized carbons (Fsp3) is 0.211. The summed E-state index contributed by atoms with van der Waals surface area (Å²) in [6, 6.07) is 11.3. The highest BCUT2D eigenvalue weighted by Crippen LogP contribution is 2.34. The van der Waals surface area contributed by atoms with Crippen LogP contribution in [0.2, 0.25) is 0 Å². The number of nitrogens with zero attached hydrogens (tertiary/aromatic N) is 3. The smallest absolute Gasteiger partial charge is 0.151 e. The number of hydrogen-bond donors (Lipinski definition) is 2. The Hall–Kier alpha value is -2.77. The highest BCUT2D eigenvalue weighted by atomic mass is 32.1. The average Bonchev–Trinajstić information content (AvgIpc) is 3.12. The molecule has 0 aliphatic carbocycles. The monoisotopic (exact) mass is 366 g/mol. The van der Waals surface area contributed by atoms with E-state index in [2.05, 4.69) is 21.9 Å². The Morgan fingerprint density at radius 3 is 2.77 bits per heavy atom. The third kappa shape index (κ3) is 3.07. The van der Waals surface area contributed by atoms with Gasteiger partial charge in [-0.05, 0) is 30.7 Å². The topological polar surface area (TPSA) is 94.2 Å². The van der Waals surface area contributed by atoms with Gasteiger partial charge in [-0.2, -0.15) is 0 Å². The number of hydrogen-bond acceptors (Lipinski definition) is 7. The summed E-state index contributed by atoms with van der Waals surface area (Å²) >= 11 is 1.66. The zero-order valence-corrected chi connectivity index (χ0v) is 15.1. The molecule has 0 spiro atoms. The minimum absolute atomic E-state index is 0.0857. The first kappa shape index (κ1) is 16.7. The van der Waals surface area contributed by atoms with Gasteiger partial charge in [-0.3, -0.25) is 4.98 Å². The molecule has 0 radical (unpaired) electrons. The van der Waals surface area contributed by atoms with Crippen LogP contribution in [0.4, 0.5) is 5.82 Å². The van der Waals surface area contributed by atoms with E-state index < -0.39 is 0 Å². The van der Waals surface area contributed by atoms with Crippen molar-refractivity contribution in [3.05, 3.63) is 52.8 Å². The molecule has 3 heterocycles. The summed E-state index contributed by atoms with van der Waals surface area (Å²) in [6.07, 6.45) is 0.876. The lowest BCUT2D eigenvalue weighted by molar-refractivity contribution is 0.272. The van der Waals surface area contributed by atoms with Crippen molar-refractivity contribution >= 4 is 38.3 Å². The number of aliphatic hydroxyl groups excluding tert-OH is 1. The van der Waals surface area contributed by atoms with E-state index in [0.717, 1.165) is 38.2 Å². The molecule has 3 N–H and O–H groups in total. The quantitative estimate of drug-likeness (QED) is 0.562. The molecule has 132 valence electrons. The van der Waals surface area contributed by atoms with Gasteiger partial charge in [-0.15, -0.1) is 11.3 Å². The van der Waals surface area contributed by atoms with Gasteiger partial charge >= 0.3 is 0 Å². The zero-order chi connectivity index (χ0) is 18.1. The number of fused-ring (bicyclic) bond motifs is 3. The largest absolute Gasteiger partial charge is 0.487 e. The van der Waals surface area contributed by atoms with Gasteiger partial charge in [0.05, 0.1) is 33.2 Å². The maximum absolute atomic E-state index is 9.17. The summed E-state index contributed by atoms with van der Waals surface area (Å²) in [5.41, 5.74) is 9.04. The van der Waals surface area contributed by atoms with Gasteiger partial charge in [0, 0.05) is 11.5 Å². The molecule has 0 unspecified atom stereocenters. The van der Waals surface area contributed by atoms with Crippen molar-refractivity contribution in [2.24, 2.45) is 0 Å². The Morgan fingerprint density at radius 2 is 1.96 bits per heavy atom. The van der Waals surface area contributed by atoms with Gasteiger partial charge in [-0.25, -0.2) is 9.97 Å². The molecule has 4 rings (SSSR count). The van der Waals surface area contributed by atoms with Gasteiger partial charge in [0.25, 0.3) is 0 Å². The Labute approximate surface area is 154 Å². The first-order valence-electron chi connectivity index (χ1n) is 8.35. The highest BCUT2D eigenvalue weighted by Gasteiger charge is 2.12. The minimum Gasteiger partial charge on any atom is -0.487 e. The number of pyridine rings is 2. The second-order valence-electron chi connectivity index (χ2n) is 5.88. The summed E-state index contributed by atoms with van der Waals surface area (Å²) in [5.74, 6) is 1.14. The first-order valence-corrected chi connectivity index (χ1v) is 9.16. The number of nitrogens with two attached hydrogens (primary N) is 1. The van der Waals surface area contributed by atoms with Crippen LogP contribution in [-0.4, -0.2) is 20.1 Å². The first-order chi connectivity index (χ1) is 12.7. The van der Waals surface area contributed by atoms with Crippen LogP contribution in [0.5, 0.6) is 5.75 Å². The van der Waals surface area contributed by atoms with Gasteiger partial charge in [-0.1, -0.05) is 13.0 Å². The van der Waals surface area contributed by atoms with Crippen molar-refractivity contribution in [3.8, 4) is 5.75 Å². The predicted molar refractivity (Wildman–Crippen MR) is 103 cm³/mol. The number of anilines is 1. The van der Waals surface area contributed by atoms with Crippen LogP contribution in [0.3, 0.4) is 0 Å². The standard InChI is InChI=1S/C19H18N4O2S/c1-2-16-23-17-18(26-16)14-7-6-13(8-15(14)22-19(17)20)25-10-12-5-3-4-11(9-24)21-12/h3-8,24H,2,9-10H2,1H3,(H2,20,22). The Balaban J connectivity index is 1.65. The van der Waals surface area contributed by atoms with E-state index in [0.29, 0.717) is 23.9 Å². The molecule has 1 aromatic carbocycles. The van der Waals surface area contributed by atoms with E-state index in [1.165, 1.54) is 0 Å². The minimum atomic E-state index is -0.0857. The third-order valence-corrected chi connectivity index (χ3v) is 5.32. The second kappa shape index (κ2) is 6.86. The van der Waals surface area contributed by atoms with Crippen molar-refractivity contribution in [3.63, 3.8) is 0 Å². The molecule has 0 saturated carbocycles. The van der Waals surface area contributed by atoms with Crippen LogP contribution in [-0.2, 0) is 19.6 Å². The summed E-state index contributed by atoms with van der Waals surface area (Å²) in [5, 5.41) is 11.2. The molecule has 0 atom stereocenters. The molecule has 0 aliphatic rings. The maximum atomic E-state index is 9.17. The van der Waals surface area contributed by atoms with E-state index in [1.807, 2.05) is 30.3 Å². The molecule has 0 aliphatic heterocycles. The molecular weight excluding hydrogens is 348 g/mol. The molecule has 3 aromatic heterocycles. The summed E-state index contributed by atoms with van der Waals surface area (Å²) < 4.78 is 6.90. The summed E-state index contributed by atoms with van der Waals surface area (Å²) in [4.78, 5) is 13.4. The van der Waals surface area contributed by atoms with Crippen LogP contribution < -0.4 is 10.5 Å². The van der Waals surface area contributed by atoms with Crippen molar-refractivity contribution in [1.29, 1.82) is 0 Å². The van der Waals surface area contributed by atoms with Crippen molar-refractivity contribution < 1.29 is 9.84 Å². The molecule has 0 bridgehead atoms. The lowest BCUT2D eigenvalue weighted by atomic mass is 10.2. The van der Waals surface area contributed by atoms with Gasteiger partial charge < -0.3 is 15.6 Å². The number of thiazole rings is 1. The van der Waals surface area contributed by atoms with Crippen LogP contribution in [0.25, 0.3) is 21.1 Å². The lowest BCUT2D eigenvalue weighted by Gasteiger charge is -2.08. The fourth-order valence-corrected chi connectivity index (χ4v) is 3.84. The SMILES string of the molecule is CCc1nc2c(N)nc3cc(OCc4cccc(CO)n4)ccc3c2s1. The van der Waals surface area contributed by atoms with Crippen LogP contribution in [0.1, 0.15) is 23.3 Å². The number of ether oxygens (including phenoxy) is 1. The van der Waals surface area contributed by atoms with Crippen molar-refractivity contribution in [2.75, 3.05) is 5.73 Å². The zero-order valence-electron chi connectivity index (χ0n) is 14.3. The average molecular weight is 366 g/mol. The normalized spacial score (nSPS) is 11.3. The van der Waals surface area contributed by atoms with Crippen LogP contribution in [0.15, 0.2) is 36.4 Å². The molecule has 6 nitrogen and oxygen atoms in total. The maximum Gasteiger partial charge on any atom is 0.151 e. The van der Waals surface area contributed by atoms with Gasteiger partial charge in [0.2, 0.25) is 0 Å². The Bertz CT molecular complexity index is 1090. The molecular formula is C19H18N4O2S. The molecule has 0 amide bonds. The summed E-state index contributed by atoms with van der Waals surface area (Å²) in [6.45, 7) is 2.31. The van der Waals surface area contributed by atoms with E-state index in [1.54, 1.807) is 17.4 Å². The number of nitrogen functional groups attached to an aromatic ring is 1. The Morgan fingerprint density at radius 1 is 1.12 bits per heavy atom. The number of aromatic nitrogens is 3. The van der Waals surface area contributed by atoms with E-state index in [4.69, 9.17) is 10.5 Å².